The van der Waals surface area contributed by atoms with Gasteiger partial charge in [0.1, 0.15) is 5.41 Å². The van der Waals surface area contributed by atoms with Crippen LogP contribution in [0.1, 0.15) is 19.8 Å². The van der Waals surface area contributed by atoms with E-state index in [-0.39, 0.29) is 6.54 Å². The summed E-state index contributed by atoms with van der Waals surface area (Å²) in [5.41, 5.74) is -2.95. The molecule has 0 saturated heterocycles. The Morgan fingerprint density at radius 3 is 2.15 bits per heavy atom. The molecule has 0 bridgehead atoms. The van der Waals surface area contributed by atoms with Crippen molar-refractivity contribution in [1.82, 2.24) is 14.5 Å². The second kappa shape index (κ2) is 7.36. The highest BCUT2D eigenvalue weighted by Crippen LogP contribution is 2.17. The summed E-state index contributed by atoms with van der Waals surface area (Å²) in [5.74, 6) is 0. The van der Waals surface area contributed by atoms with E-state index in [2.05, 4.69) is 6.92 Å². The molecule has 1 aromatic rings. The summed E-state index contributed by atoms with van der Waals surface area (Å²) in [6.07, 6.45) is 1.43. The summed E-state index contributed by atoms with van der Waals surface area (Å²) in [6, 6.07) is 1.04. The second-order valence-electron chi connectivity index (χ2n) is 4.51. The van der Waals surface area contributed by atoms with Gasteiger partial charge in [-0.2, -0.15) is 0 Å². The molecule has 0 aromatic carbocycles. The molecule has 8 nitrogen and oxygen atoms in total. The predicted octanol–water partition coefficient (Wildman–Crippen LogP) is -1.44. The molecule has 1 rings (SSSR count). The first-order valence-corrected chi connectivity index (χ1v) is 8.22. The van der Waals surface area contributed by atoms with Gasteiger partial charge in [0.2, 0.25) is 0 Å². The molecule has 114 valence electrons. The summed E-state index contributed by atoms with van der Waals surface area (Å²) in [5, 5.41) is 0. The maximum atomic E-state index is 11.6. The number of nitrogens with zero attached hydrogens (tertiary/aromatic N) is 1. The molecule has 0 aliphatic rings. The number of ether oxygens (including phenoxy) is 2. The maximum Gasteiger partial charge on any atom is 0.333 e. The molecular formula is C11H21N3O5Si. The van der Waals surface area contributed by atoms with Crippen LogP contribution in [0.25, 0.3) is 0 Å². The molecule has 9 heteroatoms. The van der Waals surface area contributed by atoms with Gasteiger partial charge in [0.15, 0.2) is 0 Å². The Bertz CT molecular complexity index is 552. The van der Waals surface area contributed by atoms with Crippen molar-refractivity contribution in [2.24, 2.45) is 0 Å². The van der Waals surface area contributed by atoms with Gasteiger partial charge in [-0.05, 0) is 0 Å². The smallest absolute Gasteiger partial charge is 0.333 e. The second-order valence-corrected chi connectivity index (χ2v) is 6.80. The predicted molar refractivity (Wildman–Crippen MR) is 77.0 cm³/mol. The standard InChI is InChI=1S/C11H21N3O5Si/c1-4-7-20-11(18-2,19-3)5-6-14-9(16)12-8(15)13-10(14)17/h4-7,20H2,1-3H3,(H2,12,13,15,16,17). The Labute approximate surface area is 118 Å². The highest BCUT2D eigenvalue weighted by atomic mass is 28.2. The van der Waals surface area contributed by atoms with E-state index in [0.29, 0.717) is 6.42 Å². The van der Waals surface area contributed by atoms with Crippen molar-refractivity contribution in [1.29, 1.82) is 0 Å². The van der Waals surface area contributed by atoms with Crippen LogP contribution >= 0.6 is 0 Å². The quantitative estimate of drug-likeness (QED) is 0.452. The van der Waals surface area contributed by atoms with E-state index in [1.807, 2.05) is 9.97 Å². The first-order chi connectivity index (χ1) is 9.48. The van der Waals surface area contributed by atoms with Gasteiger partial charge in [-0.25, -0.2) is 19.0 Å². The Morgan fingerprint density at radius 1 is 1.15 bits per heavy atom. The van der Waals surface area contributed by atoms with E-state index < -0.39 is 32.0 Å². The number of nitrogens with one attached hydrogen (secondary N) is 2. The topological polar surface area (TPSA) is 106 Å². The van der Waals surface area contributed by atoms with Crippen LogP contribution in [0.4, 0.5) is 0 Å². The number of hydrogen-bond acceptors (Lipinski definition) is 5. The van der Waals surface area contributed by atoms with E-state index >= 15 is 0 Å². The van der Waals surface area contributed by atoms with Gasteiger partial charge in [0.05, 0.1) is 9.52 Å². The average Bonchev–Trinajstić information content (AvgIpc) is 2.41. The lowest BCUT2D eigenvalue weighted by molar-refractivity contribution is -0.150. The van der Waals surface area contributed by atoms with Gasteiger partial charge in [-0.1, -0.05) is 19.4 Å². The van der Waals surface area contributed by atoms with E-state index in [9.17, 15) is 14.4 Å². The summed E-state index contributed by atoms with van der Waals surface area (Å²) in [7, 11) is 2.45. The first kappa shape index (κ1) is 16.6. The zero-order chi connectivity index (χ0) is 15.2. The molecule has 20 heavy (non-hydrogen) atoms. The van der Waals surface area contributed by atoms with Gasteiger partial charge in [0.25, 0.3) is 0 Å². The van der Waals surface area contributed by atoms with Crippen molar-refractivity contribution < 1.29 is 9.47 Å². The van der Waals surface area contributed by atoms with Crippen LogP contribution in [0.2, 0.25) is 6.04 Å². The molecule has 0 amide bonds. The van der Waals surface area contributed by atoms with Crippen molar-refractivity contribution >= 4 is 9.52 Å². The van der Waals surface area contributed by atoms with E-state index in [4.69, 9.17) is 9.47 Å². The fraction of sp³-hybridized carbons (Fsp3) is 0.727. The molecule has 0 aliphatic heterocycles. The van der Waals surface area contributed by atoms with Gasteiger partial charge >= 0.3 is 17.1 Å². The van der Waals surface area contributed by atoms with Crippen LogP contribution in [0, 0.1) is 0 Å². The fourth-order valence-electron chi connectivity index (χ4n) is 2.00. The number of methoxy groups -OCH3 is 2. The Balaban J connectivity index is 2.91. The lowest BCUT2D eigenvalue weighted by atomic mass is 10.4. The number of aromatic amines is 2. The van der Waals surface area contributed by atoms with Gasteiger partial charge in [0, 0.05) is 27.2 Å². The van der Waals surface area contributed by atoms with E-state index in [0.717, 1.165) is 17.0 Å². The minimum atomic E-state index is -0.804. The highest BCUT2D eigenvalue weighted by Gasteiger charge is 2.29. The SMILES string of the molecule is CCC[SiH2]C(CCn1c(=O)[nH]c(=O)[nH]c1=O)(OC)OC. The van der Waals surface area contributed by atoms with Gasteiger partial charge in [-0.15, -0.1) is 0 Å². The van der Waals surface area contributed by atoms with Crippen LogP contribution in [-0.4, -0.2) is 43.7 Å². The van der Waals surface area contributed by atoms with Crippen molar-refractivity contribution in [3.63, 3.8) is 0 Å². The molecule has 2 N–H and O–H groups in total. The zero-order valence-electron chi connectivity index (χ0n) is 12.0. The number of hydrogen-bond donors (Lipinski definition) is 2. The van der Waals surface area contributed by atoms with Crippen molar-refractivity contribution in [3.8, 4) is 0 Å². The summed E-state index contributed by atoms with van der Waals surface area (Å²) in [6.45, 7) is 2.21. The molecule has 0 atom stereocenters. The number of aromatic nitrogens is 3. The molecule has 1 heterocycles. The third-order valence-electron chi connectivity index (χ3n) is 3.30. The molecule has 0 unspecified atom stereocenters. The lowest BCUT2D eigenvalue weighted by Crippen LogP contribution is -2.47. The summed E-state index contributed by atoms with van der Waals surface area (Å²) < 4.78 is 11.8. The van der Waals surface area contributed by atoms with Crippen molar-refractivity contribution in [2.75, 3.05) is 14.2 Å². The largest absolute Gasteiger partial charge is 0.358 e. The highest BCUT2D eigenvalue weighted by molar-refractivity contribution is 6.38. The third-order valence-corrected chi connectivity index (χ3v) is 6.06. The summed E-state index contributed by atoms with van der Waals surface area (Å²) in [4.78, 5) is 38.2. The van der Waals surface area contributed by atoms with Gasteiger partial charge in [-0.3, -0.25) is 9.97 Å². The third kappa shape index (κ3) is 4.02. The maximum absolute atomic E-state index is 11.6. The van der Waals surface area contributed by atoms with Crippen LogP contribution in [0.5, 0.6) is 0 Å². The number of H-pyrrole nitrogens is 2. The van der Waals surface area contributed by atoms with Crippen molar-refractivity contribution in [3.05, 3.63) is 31.5 Å². The lowest BCUT2D eigenvalue weighted by Gasteiger charge is -2.31. The Morgan fingerprint density at radius 2 is 1.70 bits per heavy atom. The fourth-order valence-corrected chi connectivity index (χ4v) is 3.71. The van der Waals surface area contributed by atoms with Crippen LogP contribution < -0.4 is 17.1 Å². The van der Waals surface area contributed by atoms with Gasteiger partial charge < -0.3 is 9.47 Å². The van der Waals surface area contributed by atoms with E-state index in [1.54, 1.807) is 14.2 Å². The number of rotatable bonds is 8. The summed E-state index contributed by atoms with van der Waals surface area (Å²) >= 11 is 0. The molecule has 0 fully saturated rings. The monoisotopic (exact) mass is 303 g/mol. The molecule has 0 aliphatic carbocycles. The molecular weight excluding hydrogens is 282 g/mol. The van der Waals surface area contributed by atoms with Crippen LogP contribution in [-0.2, 0) is 16.0 Å². The first-order valence-electron chi connectivity index (χ1n) is 6.51. The zero-order valence-corrected chi connectivity index (χ0v) is 13.4. The molecule has 0 saturated carbocycles. The average molecular weight is 303 g/mol. The minimum absolute atomic E-state index is 0.128. The Kier molecular flexibility index (Phi) is 6.11. The van der Waals surface area contributed by atoms with E-state index in [1.165, 1.54) is 0 Å². The minimum Gasteiger partial charge on any atom is -0.358 e. The van der Waals surface area contributed by atoms with Crippen LogP contribution in [0.3, 0.4) is 0 Å². The molecule has 0 spiro atoms. The normalized spacial score (nSPS) is 12.3. The molecule has 0 radical (unpaired) electrons. The van der Waals surface area contributed by atoms with Crippen LogP contribution in [0.15, 0.2) is 14.4 Å². The van der Waals surface area contributed by atoms with Crippen molar-refractivity contribution in [2.45, 2.75) is 37.8 Å². The Hall–Kier alpha value is -1.45. The molecule has 1 aromatic heterocycles.